The summed E-state index contributed by atoms with van der Waals surface area (Å²) in [6, 6.07) is 9.64. The third-order valence-electron chi connectivity index (χ3n) is 3.56. The summed E-state index contributed by atoms with van der Waals surface area (Å²) in [7, 11) is 0. The molecule has 0 amide bonds. The van der Waals surface area contributed by atoms with Gasteiger partial charge in [-0.05, 0) is 45.6 Å². The normalized spacial score (nSPS) is 25.5. The lowest BCUT2D eigenvalue weighted by atomic mass is 10.00. The van der Waals surface area contributed by atoms with Crippen molar-refractivity contribution < 1.29 is 0 Å². The molecule has 0 N–H and O–H groups in total. The Morgan fingerprint density at radius 2 is 1.71 bits per heavy atom. The molecule has 1 fully saturated rings. The predicted molar refractivity (Wildman–Crippen MR) is 73.4 cm³/mol. The fourth-order valence-electron chi connectivity index (χ4n) is 2.42. The minimum Gasteiger partial charge on any atom is -0.292 e. The summed E-state index contributed by atoms with van der Waals surface area (Å²) in [6.45, 7) is 6.64. The molecule has 0 aromatic heterocycles. The highest BCUT2D eigenvalue weighted by Crippen LogP contribution is 2.22. The number of hydrogen-bond donors (Lipinski definition) is 0. The topological polar surface area (TPSA) is 15.6 Å². The van der Waals surface area contributed by atoms with Gasteiger partial charge in [-0.3, -0.25) is 5.01 Å². The molecule has 0 radical (unpaired) electrons. The number of nitrogens with zero attached hydrogens (tertiary/aromatic N) is 2. The van der Waals surface area contributed by atoms with E-state index in [4.69, 9.17) is 0 Å². The molecule has 17 heavy (non-hydrogen) atoms. The first-order valence-corrected chi connectivity index (χ1v) is 6.56. The van der Waals surface area contributed by atoms with Crippen LogP contribution in [0.3, 0.4) is 0 Å². The lowest BCUT2D eigenvalue weighted by molar-refractivity contribution is 0.109. The average molecular weight is 230 g/mol. The SMILES string of the molecule is Cc1ccc(C=NN2C(C)CCCC2C)cc1. The van der Waals surface area contributed by atoms with E-state index in [2.05, 4.69) is 55.1 Å². The zero-order valence-corrected chi connectivity index (χ0v) is 11.1. The Labute approximate surface area is 104 Å². The molecule has 2 atom stereocenters. The Bertz CT molecular complexity index is 370. The fraction of sp³-hybridized carbons (Fsp3) is 0.533. The molecule has 1 aromatic rings. The first-order chi connectivity index (χ1) is 8.16. The smallest absolute Gasteiger partial charge is 0.0543 e. The molecule has 2 unspecified atom stereocenters. The quantitative estimate of drug-likeness (QED) is 0.709. The van der Waals surface area contributed by atoms with Crippen LogP contribution in [0.15, 0.2) is 29.4 Å². The molecule has 1 aliphatic rings. The van der Waals surface area contributed by atoms with Gasteiger partial charge >= 0.3 is 0 Å². The van der Waals surface area contributed by atoms with Crippen molar-refractivity contribution in [1.29, 1.82) is 0 Å². The minimum atomic E-state index is 0.570. The average Bonchev–Trinajstić information content (AvgIpc) is 2.31. The predicted octanol–water partition coefficient (Wildman–Crippen LogP) is 3.59. The van der Waals surface area contributed by atoms with Crippen molar-refractivity contribution in [2.45, 2.75) is 52.1 Å². The van der Waals surface area contributed by atoms with Crippen molar-refractivity contribution in [2.24, 2.45) is 5.10 Å². The van der Waals surface area contributed by atoms with E-state index in [9.17, 15) is 0 Å². The fourth-order valence-corrected chi connectivity index (χ4v) is 2.42. The van der Waals surface area contributed by atoms with E-state index >= 15 is 0 Å². The largest absolute Gasteiger partial charge is 0.292 e. The highest BCUT2D eigenvalue weighted by atomic mass is 15.5. The zero-order valence-electron chi connectivity index (χ0n) is 11.1. The number of piperidine rings is 1. The molecule has 1 heterocycles. The van der Waals surface area contributed by atoms with Crippen molar-refractivity contribution in [3.63, 3.8) is 0 Å². The second kappa shape index (κ2) is 5.35. The first-order valence-electron chi connectivity index (χ1n) is 6.56. The maximum Gasteiger partial charge on any atom is 0.0543 e. The second-order valence-electron chi connectivity index (χ2n) is 5.16. The van der Waals surface area contributed by atoms with E-state index in [1.807, 2.05) is 6.21 Å². The van der Waals surface area contributed by atoms with E-state index in [-0.39, 0.29) is 0 Å². The Morgan fingerprint density at radius 3 is 2.29 bits per heavy atom. The standard InChI is InChI=1S/C15H22N2/c1-12-7-9-15(10-8-12)11-16-17-13(2)5-4-6-14(17)3/h7-11,13-14H,4-6H2,1-3H3. The first kappa shape index (κ1) is 12.2. The Balaban J connectivity index is 2.06. The third-order valence-corrected chi connectivity index (χ3v) is 3.56. The van der Waals surface area contributed by atoms with Gasteiger partial charge in [0.1, 0.15) is 0 Å². The minimum absolute atomic E-state index is 0.570. The molecule has 0 spiro atoms. The zero-order chi connectivity index (χ0) is 12.3. The highest BCUT2D eigenvalue weighted by Gasteiger charge is 2.22. The molecule has 0 aliphatic carbocycles. The molecule has 2 nitrogen and oxygen atoms in total. The summed E-state index contributed by atoms with van der Waals surface area (Å²) >= 11 is 0. The summed E-state index contributed by atoms with van der Waals surface area (Å²) < 4.78 is 0. The van der Waals surface area contributed by atoms with E-state index in [1.54, 1.807) is 0 Å². The van der Waals surface area contributed by atoms with E-state index in [0.717, 1.165) is 0 Å². The molecule has 2 rings (SSSR count). The monoisotopic (exact) mass is 230 g/mol. The van der Waals surface area contributed by atoms with Gasteiger partial charge in [0.15, 0.2) is 0 Å². The van der Waals surface area contributed by atoms with Gasteiger partial charge in [0.05, 0.1) is 6.21 Å². The molecule has 1 saturated heterocycles. The number of aryl methyl sites for hydroxylation is 1. The van der Waals surface area contributed by atoms with Gasteiger partial charge < -0.3 is 0 Å². The molecule has 0 saturated carbocycles. The van der Waals surface area contributed by atoms with Crippen LogP contribution in [0, 0.1) is 6.92 Å². The van der Waals surface area contributed by atoms with Gasteiger partial charge in [0, 0.05) is 12.1 Å². The maximum absolute atomic E-state index is 4.65. The third kappa shape index (κ3) is 3.09. The van der Waals surface area contributed by atoms with Gasteiger partial charge in [-0.15, -0.1) is 0 Å². The van der Waals surface area contributed by atoms with Crippen molar-refractivity contribution in [3.8, 4) is 0 Å². The van der Waals surface area contributed by atoms with Crippen LogP contribution >= 0.6 is 0 Å². The van der Waals surface area contributed by atoms with Crippen molar-refractivity contribution >= 4 is 6.21 Å². The van der Waals surface area contributed by atoms with Gasteiger partial charge in [-0.1, -0.05) is 29.8 Å². The van der Waals surface area contributed by atoms with Crippen molar-refractivity contribution in [1.82, 2.24) is 5.01 Å². The van der Waals surface area contributed by atoms with E-state index < -0.39 is 0 Å². The van der Waals surface area contributed by atoms with Crippen molar-refractivity contribution in [3.05, 3.63) is 35.4 Å². The molecule has 2 heteroatoms. The Kier molecular flexibility index (Phi) is 3.82. The highest BCUT2D eigenvalue weighted by molar-refractivity contribution is 5.79. The number of benzene rings is 1. The van der Waals surface area contributed by atoms with Crippen LogP contribution in [0.4, 0.5) is 0 Å². The van der Waals surface area contributed by atoms with Gasteiger partial charge in [0.25, 0.3) is 0 Å². The van der Waals surface area contributed by atoms with Crippen LogP contribution in [-0.4, -0.2) is 23.3 Å². The molecular formula is C15H22N2. The lowest BCUT2D eigenvalue weighted by Gasteiger charge is -2.36. The molecule has 1 aromatic carbocycles. The second-order valence-corrected chi connectivity index (χ2v) is 5.16. The lowest BCUT2D eigenvalue weighted by Crippen LogP contribution is -2.39. The van der Waals surface area contributed by atoms with Gasteiger partial charge in [-0.25, -0.2) is 0 Å². The van der Waals surface area contributed by atoms with Crippen LogP contribution in [-0.2, 0) is 0 Å². The van der Waals surface area contributed by atoms with E-state index in [1.165, 1.54) is 30.4 Å². The molecule has 1 aliphatic heterocycles. The number of hydrogen-bond acceptors (Lipinski definition) is 2. The van der Waals surface area contributed by atoms with Crippen molar-refractivity contribution in [2.75, 3.05) is 0 Å². The van der Waals surface area contributed by atoms with Gasteiger partial charge in [-0.2, -0.15) is 5.10 Å². The summed E-state index contributed by atoms with van der Waals surface area (Å²) in [4.78, 5) is 0. The summed E-state index contributed by atoms with van der Waals surface area (Å²) in [5, 5.41) is 6.91. The maximum atomic E-state index is 4.65. The molecule has 92 valence electrons. The van der Waals surface area contributed by atoms with Crippen LogP contribution in [0.25, 0.3) is 0 Å². The Hall–Kier alpha value is -1.31. The Morgan fingerprint density at radius 1 is 1.12 bits per heavy atom. The molecular weight excluding hydrogens is 208 g/mol. The number of rotatable bonds is 2. The summed E-state index contributed by atoms with van der Waals surface area (Å²) in [5.74, 6) is 0. The van der Waals surface area contributed by atoms with E-state index in [0.29, 0.717) is 12.1 Å². The van der Waals surface area contributed by atoms with Crippen LogP contribution in [0.1, 0.15) is 44.2 Å². The van der Waals surface area contributed by atoms with Crippen LogP contribution < -0.4 is 0 Å². The summed E-state index contributed by atoms with van der Waals surface area (Å²) in [6.07, 6.45) is 5.84. The van der Waals surface area contributed by atoms with Crippen LogP contribution in [0.2, 0.25) is 0 Å². The molecule has 0 bridgehead atoms. The van der Waals surface area contributed by atoms with Gasteiger partial charge in [0.2, 0.25) is 0 Å². The summed E-state index contributed by atoms with van der Waals surface area (Å²) in [5.41, 5.74) is 2.47. The van der Waals surface area contributed by atoms with Crippen LogP contribution in [0.5, 0.6) is 0 Å². The number of hydrazone groups is 1.